The molecule has 1 rings (SSSR count). The summed E-state index contributed by atoms with van der Waals surface area (Å²) in [5, 5.41) is 0. The maximum atomic E-state index is 11.8. The molecule has 1 heterocycles. The third-order valence-corrected chi connectivity index (χ3v) is 6.42. The maximum Gasteiger partial charge on any atom is 0.262 e. The van der Waals surface area contributed by atoms with Gasteiger partial charge < -0.3 is 4.74 Å². The number of rotatable bonds is 3. The molecule has 0 radical (unpaired) electrons. The van der Waals surface area contributed by atoms with Crippen molar-refractivity contribution in [1.29, 1.82) is 0 Å². The SMILES string of the molecule is O=S(=O)(CCCl)N=S1(=O)CCOCC1. The molecular formula is C6H12ClNO4S2. The lowest BCUT2D eigenvalue weighted by atomic mass is 10.8. The van der Waals surface area contributed by atoms with Crippen LogP contribution >= 0.6 is 11.6 Å². The van der Waals surface area contributed by atoms with E-state index in [-0.39, 0.29) is 23.1 Å². The zero-order valence-corrected chi connectivity index (χ0v) is 9.91. The summed E-state index contributed by atoms with van der Waals surface area (Å²) in [7, 11) is -6.24. The van der Waals surface area contributed by atoms with Gasteiger partial charge in [-0.3, -0.25) is 0 Å². The molecule has 14 heavy (non-hydrogen) atoms. The molecule has 0 aliphatic carbocycles. The van der Waals surface area contributed by atoms with Crippen molar-refractivity contribution in [3.63, 3.8) is 0 Å². The van der Waals surface area contributed by atoms with E-state index in [0.29, 0.717) is 13.2 Å². The smallest absolute Gasteiger partial charge is 0.262 e. The molecule has 0 aromatic heterocycles. The molecule has 1 fully saturated rings. The lowest BCUT2D eigenvalue weighted by Gasteiger charge is -2.15. The van der Waals surface area contributed by atoms with Crippen LogP contribution in [0.4, 0.5) is 0 Å². The lowest BCUT2D eigenvalue weighted by Crippen LogP contribution is -2.26. The van der Waals surface area contributed by atoms with Crippen LogP contribution in [0, 0.1) is 0 Å². The molecule has 0 bridgehead atoms. The van der Waals surface area contributed by atoms with Crippen molar-refractivity contribution in [1.82, 2.24) is 0 Å². The molecule has 0 amide bonds. The van der Waals surface area contributed by atoms with Crippen LogP contribution in [0.2, 0.25) is 0 Å². The average Bonchev–Trinajstić information content (AvgIpc) is 2.02. The fourth-order valence-corrected chi connectivity index (χ4v) is 5.29. The van der Waals surface area contributed by atoms with Crippen LogP contribution in [0.1, 0.15) is 0 Å². The third-order valence-electron chi connectivity index (χ3n) is 1.68. The Labute approximate surface area is 89.0 Å². The molecule has 1 saturated heterocycles. The Morgan fingerprint density at radius 2 is 1.93 bits per heavy atom. The summed E-state index contributed by atoms with van der Waals surface area (Å²) in [4.78, 5) is 0. The predicted molar refractivity (Wildman–Crippen MR) is 55.6 cm³/mol. The van der Waals surface area contributed by atoms with Gasteiger partial charge in [-0.05, 0) is 0 Å². The topological polar surface area (TPSA) is 72.8 Å². The highest BCUT2D eigenvalue weighted by Gasteiger charge is 2.19. The van der Waals surface area contributed by atoms with Gasteiger partial charge in [0, 0.05) is 5.88 Å². The highest BCUT2D eigenvalue weighted by atomic mass is 35.5. The van der Waals surface area contributed by atoms with E-state index in [1.54, 1.807) is 0 Å². The summed E-state index contributed by atoms with van der Waals surface area (Å²) in [6.45, 7) is 0.609. The molecule has 0 saturated carbocycles. The monoisotopic (exact) mass is 261 g/mol. The number of ether oxygens (including phenoxy) is 1. The fraction of sp³-hybridized carbons (Fsp3) is 1.00. The van der Waals surface area contributed by atoms with Gasteiger partial charge in [-0.1, -0.05) is 0 Å². The zero-order chi connectivity index (χ0) is 10.7. The van der Waals surface area contributed by atoms with Crippen LogP contribution in [-0.2, 0) is 24.5 Å². The molecule has 0 aromatic rings. The second-order valence-electron chi connectivity index (χ2n) is 2.84. The van der Waals surface area contributed by atoms with E-state index in [9.17, 15) is 12.6 Å². The van der Waals surface area contributed by atoms with Gasteiger partial charge in [-0.2, -0.15) is 0 Å². The van der Waals surface area contributed by atoms with Gasteiger partial charge in [-0.25, -0.2) is 12.6 Å². The van der Waals surface area contributed by atoms with Crippen molar-refractivity contribution >= 4 is 31.4 Å². The molecule has 84 valence electrons. The second kappa shape index (κ2) is 4.78. The normalized spacial score (nSPS) is 21.8. The summed E-state index contributed by atoms with van der Waals surface area (Å²) < 4.78 is 42.7. The minimum Gasteiger partial charge on any atom is -0.379 e. The quantitative estimate of drug-likeness (QED) is 0.673. The minimum atomic E-state index is -3.63. The summed E-state index contributed by atoms with van der Waals surface area (Å²) >= 11 is 5.29. The number of halogens is 1. The number of hydrogen-bond donors (Lipinski definition) is 0. The van der Waals surface area contributed by atoms with E-state index in [2.05, 4.69) is 3.77 Å². The van der Waals surface area contributed by atoms with Crippen molar-refractivity contribution < 1.29 is 17.4 Å². The zero-order valence-electron chi connectivity index (χ0n) is 7.52. The molecule has 0 atom stereocenters. The molecule has 0 unspecified atom stereocenters. The summed E-state index contributed by atoms with van der Waals surface area (Å²) in [5.74, 6) is 0.0906. The first-order chi connectivity index (χ1) is 6.47. The van der Waals surface area contributed by atoms with Crippen LogP contribution in [0.5, 0.6) is 0 Å². The van der Waals surface area contributed by atoms with Gasteiger partial charge >= 0.3 is 0 Å². The molecular weight excluding hydrogens is 250 g/mol. The molecule has 0 N–H and O–H groups in total. The maximum absolute atomic E-state index is 11.8. The number of sulfonamides is 1. The summed E-state index contributed by atoms with van der Waals surface area (Å²) in [5.41, 5.74) is 0. The molecule has 1 aliphatic heterocycles. The Bertz CT molecular complexity index is 384. The predicted octanol–water partition coefficient (Wildman–Crippen LogP) is 0.0532. The molecule has 8 heteroatoms. The van der Waals surface area contributed by atoms with E-state index < -0.39 is 19.8 Å². The van der Waals surface area contributed by atoms with E-state index >= 15 is 0 Å². The number of alkyl halides is 1. The van der Waals surface area contributed by atoms with Crippen LogP contribution in [0.3, 0.4) is 0 Å². The molecule has 5 nitrogen and oxygen atoms in total. The Morgan fingerprint density at radius 1 is 1.36 bits per heavy atom. The first kappa shape index (κ1) is 12.2. The van der Waals surface area contributed by atoms with E-state index in [1.165, 1.54) is 0 Å². The van der Waals surface area contributed by atoms with E-state index in [4.69, 9.17) is 16.3 Å². The van der Waals surface area contributed by atoms with Crippen molar-refractivity contribution in [2.75, 3.05) is 36.4 Å². The first-order valence-electron chi connectivity index (χ1n) is 4.08. The van der Waals surface area contributed by atoms with Crippen molar-refractivity contribution in [3.05, 3.63) is 0 Å². The van der Waals surface area contributed by atoms with Gasteiger partial charge in [0.25, 0.3) is 10.0 Å². The van der Waals surface area contributed by atoms with E-state index in [1.807, 2.05) is 0 Å². The average molecular weight is 262 g/mol. The second-order valence-corrected chi connectivity index (χ2v) is 7.75. The van der Waals surface area contributed by atoms with Gasteiger partial charge in [0.2, 0.25) is 0 Å². The van der Waals surface area contributed by atoms with Gasteiger partial charge in [0.1, 0.15) is 0 Å². The largest absolute Gasteiger partial charge is 0.379 e. The van der Waals surface area contributed by atoms with Crippen LogP contribution in [0.25, 0.3) is 0 Å². The highest BCUT2D eigenvalue weighted by Crippen LogP contribution is 2.07. The van der Waals surface area contributed by atoms with Crippen LogP contribution in [0.15, 0.2) is 3.77 Å². The minimum absolute atomic E-state index is 0.0299. The fourth-order valence-electron chi connectivity index (χ4n) is 0.999. The number of hydrogen-bond acceptors (Lipinski definition) is 4. The van der Waals surface area contributed by atoms with E-state index in [0.717, 1.165) is 0 Å². The number of nitrogens with zero attached hydrogens (tertiary/aromatic N) is 1. The van der Waals surface area contributed by atoms with Gasteiger partial charge in [0.15, 0.2) is 0 Å². The van der Waals surface area contributed by atoms with Crippen molar-refractivity contribution in [2.45, 2.75) is 0 Å². The summed E-state index contributed by atoms with van der Waals surface area (Å²) in [6, 6.07) is 0. The van der Waals surface area contributed by atoms with Crippen molar-refractivity contribution in [2.24, 2.45) is 3.77 Å². The highest BCUT2D eigenvalue weighted by molar-refractivity contribution is 8.03. The molecule has 1 aliphatic rings. The Kier molecular flexibility index (Phi) is 4.17. The van der Waals surface area contributed by atoms with Gasteiger partial charge in [0.05, 0.1) is 40.2 Å². The molecule has 0 spiro atoms. The first-order valence-corrected chi connectivity index (χ1v) is 8.07. The van der Waals surface area contributed by atoms with Crippen molar-refractivity contribution in [3.8, 4) is 0 Å². The Hall–Kier alpha value is 0.150. The summed E-state index contributed by atoms with van der Waals surface area (Å²) in [6.07, 6.45) is 0. The Balaban J connectivity index is 2.90. The lowest BCUT2D eigenvalue weighted by molar-refractivity contribution is 0.158. The molecule has 0 aromatic carbocycles. The third kappa shape index (κ3) is 3.72. The standard InChI is InChI=1S/C6H12ClNO4S2/c7-1-4-14(10,11)8-13(9)5-2-12-3-6-13/h1-6H2. The van der Waals surface area contributed by atoms with Crippen LogP contribution in [-0.4, -0.2) is 49.0 Å². The Morgan fingerprint density at radius 3 is 2.43 bits per heavy atom. The van der Waals surface area contributed by atoms with Gasteiger partial charge in [-0.15, -0.1) is 15.4 Å². The van der Waals surface area contributed by atoms with Crippen LogP contribution < -0.4 is 0 Å².